The van der Waals surface area contributed by atoms with Crippen LogP contribution in [-0.2, 0) is 0 Å². The summed E-state index contributed by atoms with van der Waals surface area (Å²) in [5.74, 6) is 0.826. The third kappa shape index (κ3) is 3.34. The van der Waals surface area contributed by atoms with Crippen LogP contribution in [0.4, 0.5) is 0 Å². The minimum atomic E-state index is 0.259. The molecule has 0 aromatic carbocycles. The Hall–Kier alpha value is -0.310. The van der Waals surface area contributed by atoms with Gasteiger partial charge in [-0.05, 0) is 24.9 Å². The van der Waals surface area contributed by atoms with Gasteiger partial charge in [0, 0.05) is 6.20 Å². The first-order valence-electron chi connectivity index (χ1n) is 6.25. The lowest BCUT2D eigenvalue weighted by Crippen LogP contribution is -2.26. The second kappa shape index (κ2) is 6.03. The summed E-state index contributed by atoms with van der Waals surface area (Å²) in [6.45, 7) is 3.04. The topological polar surface area (TPSA) is 24.9 Å². The van der Waals surface area contributed by atoms with Crippen LogP contribution in [0.3, 0.4) is 0 Å². The Balaban J connectivity index is 2.12. The lowest BCUT2D eigenvalue weighted by molar-refractivity contribution is 0.260. The summed E-state index contributed by atoms with van der Waals surface area (Å²) in [6, 6.07) is 2.03. The van der Waals surface area contributed by atoms with Crippen molar-refractivity contribution in [2.45, 2.75) is 38.6 Å². The molecule has 0 spiro atoms. The summed E-state index contributed by atoms with van der Waals surface area (Å²) in [6.07, 6.45) is 6.85. The van der Waals surface area contributed by atoms with E-state index in [-0.39, 0.29) is 6.04 Å². The van der Waals surface area contributed by atoms with E-state index in [2.05, 4.69) is 17.2 Å². The predicted molar refractivity (Wildman–Crippen MR) is 72.6 cm³/mol. The zero-order valence-electron chi connectivity index (χ0n) is 10.0. The average Bonchev–Trinajstić information content (AvgIpc) is 2.22. The number of aromatic nitrogens is 1. The van der Waals surface area contributed by atoms with Crippen molar-refractivity contribution >= 4 is 23.2 Å². The Kier molecular flexibility index (Phi) is 4.66. The molecule has 1 aromatic rings. The number of hydrogen-bond acceptors (Lipinski definition) is 2. The molecular weight excluding hydrogens is 255 g/mol. The van der Waals surface area contributed by atoms with Crippen molar-refractivity contribution in [2.75, 3.05) is 6.54 Å². The fourth-order valence-electron chi connectivity index (χ4n) is 2.28. The van der Waals surface area contributed by atoms with Gasteiger partial charge in [-0.1, -0.05) is 49.4 Å². The quantitative estimate of drug-likeness (QED) is 0.868. The van der Waals surface area contributed by atoms with Gasteiger partial charge >= 0.3 is 0 Å². The average molecular weight is 273 g/mol. The Morgan fingerprint density at radius 1 is 1.47 bits per heavy atom. The van der Waals surface area contributed by atoms with Crippen molar-refractivity contribution in [3.05, 3.63) is 28.0 Å². The van der Waals surface area contributed by atoms with E-state index in [0.29, 0.717) is 10.0 Å². The molecule has 1 aliphatic carbocycles. The van der Waals surface area contributed by atoms with Crippen LogP contribution >= 0.6 is 23.2 Å². The van der Waals surface area contributed by atoms with Gasteiger partial charge in [-0.15, -0.1) is 0 Å². The zero-order valence-corrected chi connectivity index (χ0v) is 11.6. The van der Waals surface area contributed by atoms with Crippen LogP contribution in [0.2, 0.25) is 10.0 Å². The number of hydrogen-bond donors (Lipinski definition) is 1. The van der Waals surface area contributed by atoms with Crippen molar-refractivity contribution in [3.63, 3.8) is 0 Å². The molecule has 1 unspecified atom stereocenters. The monoisotopic (exact) mass is 272 g/mol. The third-order valence-corrected chi connectivity index (χ3v) is 3.92. The first-order chi connectivity index (χ1) is 8.20. The van der Waals surface area contributed by atoms with E-state index in [9.17, 15) is 0 Å². The van der Waals surface area contributed by atoms with E-state index in [1.165, 1.54) is 19.3 Å². The van der Waals surface area contributed by atoms with Gasteiger partial charge in [0.2, 0.25) is 0 Å². The molecule has 1 saturated carbocycles. The maximum Gasteiger partial charge on any atom is 0.0760 e. The van der Waals surface area contributed by atoms with Crippen molar-refractivity contribution < 1.29 is 0 Å². The van der Waals surface area contributed by atoms with Crippen LogP contribution in [0.5, 0.6) is 0 Å². The van der Waals surface area contributed by atoms with Gasteiger partial charge in [-0.2, -0.15) is 0 Å². The SMILES string of the molecule is CCNC(CC1CCC1)c1ncc(Cl)cc1Cl. The summed E-state index contributed by atoms with van der Waals surface area (Å²) in [5, 5.41) is 4.73. The smallest absolute Gasteiger partial charge is 0.0760 e. The highest BCUT2D eigenvalue weighted by atomic mass is 35.5. The largest absolute Gasteiger partial charge is 0.309 e. The molecule has 0 saturated heterocycles. The van der Waals surface area contributed by atoms with E-state index < -0.39 is 0 Å². The standard InChI is InChI=1S/C13H18Cl2N2/c1-2-16-12(6-9-4-3-5-9)13-11(15)7-10(14)8-17-13/h7-9,12,16H,2-6H2,1H3. The molecule has 1 aromatic heterocycles. The lowest BCUT2D eigenvalue weighted by atomic mass is 9.80. The van der Waals surface area contributed by atoms with Gasteiger partial charge in [0.15, 0.2) is 0 Å². The molecule has 1 aliphatic rings. The number of nitrogens with one attached hydrogen (secondary N) is 1. The van der Waals surface area contributed by atoms with Crippen molar-refractivity contribution in [1.82, 2.24) is 10.3 Å². The Bertz CT molecular complexity index is 378. The molecule has 1 fully saturated rings. The zero-order chi connectivity index (χ0) is 12.3. The number of rotatable bonds is 5. The Morgan fingerprint density at radius 2 is 2.24 bits per heavy atom. The molecule has 0 amide bonds. The van der Waals surface area contributed by atoms with Crippen LogP contribution in [0.25, 0.3) is 0 Å². The van der Waals surface area contributed by atoms with E-state index in [1.807, 2.05) is 0 Å². The van der Waals surface area contributed by atoms with Crippen molar-refractivity contribution in [1.29, 1.82) is 0 Å². The molecular formula is C13H18Cl2N2. The normalized spacial score (nSPS) is 17.8. The van der Waals surface area contributed by atoms with Gasteiger partial charge in [-0.25, -0.2) is 0 Å². The van der Waals surface area contributed by atoms with Gasteiger partial charge in [0.1, 0.15) is 0 Å². The van der Waals surface area contributed by atoms with Crippen molar-refractivity contribution in [2.24, 2.45) is 5.92 Å². The number of halogens is 2. The minimum absolute atomic E-state index is 0.259. The molecule has 4 heteroatoms. The summed E-state index contributed by atoms with van der Waals surface area (Å²) >= 11 is 12.1. The van der Waals surface area contributed by atoms with Gasteiger partial charge in [-0.3, -0.25) is 4.98 Å². The molecule has 2 nitrogen and oxygen atoms in total. The molecule has 0 bridgehead atoms. The first kappa shape index (κ1) is 13.1. The maximum absolute atomic E-state index is 6.22. The third-order valence-electron chi connectivity index (χ3n) is 3.41. The van der Waals surface area contributed by atoms with Crippen LogP contribution in [0, 0.1) is 5.92 Å². The van der Waals surface area contributed by atoms with E-state index in [0.717, 1.165) is 24.6 Å². The lowest BCUT2D eigenvalue weighted by Gasteiger charge is -2.30. The summed E-state index contributed by atoms with van der Waals surface area (Å²) < 4.78 is 0. The first-order valence-corrected chi connectivity index (χ1v) is 7.00. The molecule has 2 rings (SSSR count). The van der Waals surface area contributed by atoms with Crippen LogP contribution in [-0.4, -0.2) is 11.5 Å². The highest BCUT2D eigenvalue weighted by Crippen LogP contribution is 2.36. The molecule has 17 heavy (non-hydrogen) atoms. The summed E-state index contributed by atoms with van der Waals surface area (Å²) in [5.41, 5.74) is 0.935. The van der Waals surface area contributed by atoms with Crippen LogP contribution in [0.15, 0.2) is 12.3 Å². The van der Waals surface area contributed by atoms with E-state index >= 15 is 0 Å². The highest BCUT2D eigenvalue weighted by molar-refractivity contribution is 6.34. The Labute approximate surface area is 113 Å². The highest BCUT2D eigenvalue weighted by Gasteiger charge is 2.24. The molecule has 0 aliphatic heterocycles. The van der Waals surface area contributed by atoms with Gasteiger partial charge in [0.25, 0.3) is 0 Å². The van der Waals surface area contributed by atoms with Crippen LogP contribution < -0.4 is 5.32 Å². The fourth-order valence-corrected chi connectivity index (χ4v) is 2.79. The molecule has 0 radical (unpaired) electrons. The minimum Gasteiger partial charge on any atom is -0.309 e. The molecule has 1 heterocycles. The summed E-state index contributed by atoms with van der Waals surface area (Å²) in [7, 11) is 0. The maximum atomic E-state index is 6.22. The predicted octanol–water partition coefficient (Wildman–Crippen LogP) is 4.23. The van der Waals surface area contributed by atoms with Gasteiger partial charge < -0.3 is 5.32 Å². The second-order valence-electron chi connectivity index (χ2n) is 4.66. The van der Waals surface area contributed by atoms with E-state index in [1.54, 1.807) is 12.3 Å². The molecule has 1 N–H and O–H groups in total. The number of nitrogens with zero attached hydrogens (tertiary/aromatic N) is 1. The second-order valence-corrected chi connectivity index (χ2v) is 5.51. The van der Waals surface area contributed by atoms with Gasteiger partial charge in [0.05, 0.1) is 21.8 Å². The van der Waals surface area contributed by atoms with Crippen LogP contribution in [0.1, 0.15) is 44.3 Å². The molecule has 1 atom stereocenters. The summed E-state index contributed by atoms with van der Waals surface area (Å²) in [4.78, 5) is 4.38. The van der Waals surface area contributed by atoms with Crippen molar-refractivity contribution in [3.8, 4) is 0 Å². The fraction of sp³-hybridized carbons (Fsp3) is 0.615. The van der Waals surface area contributed by atoms with E-state index in [4.69, 9.17) is 23.2 Å². The number of pyridine rings is 1. The Morgan fingerprint density at radius 3 is 2.76 bits per heavy atom. The molecule has 94 valence electrons.